The highest BCUT2D eigenvalue weighted by molar-refractivity contribution is 6.39. The number of amides is 3. The Morgan fingerprint density at radius 1 is 0.896 bits per heavy atom. The summed E-state index contributed by atoms with van der Waals surface area (Å²) < 4.78 is 6.20. The van der Waals surface area contributed by atoms with Crippen LogP contribution in [0.1, 0.15) is 46.9 Å². The van der Waals surface area contributed by atoms with Gasteiger partial charge in [-0.15, -0.1) is 0 Å². The van der Waals surface area contributed by atoms with E-state index in [1.165, 1.54) is 42.7 Å². The summed E-state index contributed by atoms with van der Waals surface area (Å²) in [6, 6.07) is 12.9. The number of halogens is 2. The molecule has 0 aliphatic carbocycles. The summed E-state index contributed by atoms with van der Waals surface area (Å²) in [6.07, 6.45) is 6.22. The second-order valence-corrected chi connectivity index (χ2v) is 12.0. The Morgan fingerprint density at radius 2 is 1.60 bits per heavy atom. The van der Waals surface area contributed by atoms with Gasteiger partial charge in [-0.25, -0.2) is 14.3 Å². The van der Waals surface area contributed by atoms with Crippen LogP contribution < -0.4 is 21.5 Å². The van der Waals surface area contributed by atoms with E-state index in [4.69, 9.17) is 27.9 Å². The van der Waals surface area contributed by atoms with Gasteiger partial charge in [0, 0.05) is 43.2 Å². The van der Waals surface area contributed by atoms with E-state index < -0.39 is 17.6 Å². The summed E-state index contributed by atoms with van der Waals surface area (Å²) in [5.41, 5.74) is 2.46. The zero-order valence-corrected chi connectivity index (χ0v) is 28.0. The number of hydrogen-bond acceptors (Lipinski definition) is 8. The monoisotopic (exact) mass is 691 g/mol. The molecule has 2 aromatic carbocycles. The summed E-state index contributed by atoms with van der Waals surface area (Å²) in [5.74, 6) is -0.870. The lowest BCUT2D eigenvalue weighted by Crippen LogP contribution is -2.37. The molecule has 48 heavy (non-hydrogen) atoms. The molecule has 1 aliphatic rings. The number of ether oxygens (including phenoxy) is 1. The quantitative estimate of drug-likeness (QED) is 0.173. The van der Waals surface area contributed by atoms with Crippen molar-refractivity contribution in [2.75, 3.05) is 43.9 Å². The smallest absolute Gasteiger partial charge is 0.337 e. The van der Waals surface area contributed by atoms with Crippen LogP contribution in [0.25, 0.3) is 22.4 Å². The zero-order chi connectivity index (χ0) is 34.2. The Hall–Kier alpha value is -4.78. The number of aromatic nitrogens is 3. The summed E-state index contributed by atoms with van der Waals surface area (Å²) in [6.45, 7) is 5.29. The minimum absolute atomic E-state index is 0.0257. The van der Waals surface area contributed by atoms with Crippen LogP contribution in [0.15, 0.2) is 65.7 Å². The third kappa shape index (κ3) is 8.38. The highest BCUT2D eigenvalue weighted by Gasteiger charge is 2.18. The first-order chi connectivity index (χ1) is 23.2. The van der Waals surface area contributed by atoms with Crippen molar-refractivity contribution in [1.29, 1.82) is 0 Å². The number of nitrogens with zero attached hydrogens (tertiary/aromatic N) is 4. The molecule has 5 rings (SSSR count). The van der Waals surface area contributed by atoms with Gasteiger partial charge in [0.25, 0.3) is 11.5 Å². The first-order valence-electron chi connectivity index (χ1n) is 15.5. The summed E-state index contributed by atoms with van der Waals surface area (Å²) in [5, 5.41) is 12.8. The number of piperidine rings is 1. The number of esters is 1. The fraction of sp³-hybridized carbons (Fsp3) is 0.294. The molecular weight excluding hydrogens is 657 g/mol. The van der Waals surface area contributed by atoms with Crippen LogP contribution in [0.5, 0.6) is 0 Å². The van der Waals surface area contributed by atoms with Gasteiger partial charge in [0.05, 0.1) is 34.1 Å². The Bertz CT molecular complexity index is 1870. The third-order valence-corrected chi connectivity index (χ3v) is 8.46. The van der Waals surface area contributed by atoms with E-state index in [0.29, 0.717) is 34.5 Å². The van der Waals surface area contributed by atoms with E-state index in [9.17, 15) is 19.2 Å². The minimum atomic E-state index is -0.739. The zero-order valence-electron chi connectivity index (χ0n) is 26.5. The number of nitrogens with one attached hydrogen (secondary N) is 3. The number of carbonyl (C=O) groups is 3. The first-order valence-corrected chi connectivity index (χ1v) is 16.3. The molecule has 1 saturated heterocycles. The van der Waals surface area contributed by atoms with Crippen LogP contribution in [0.2, 0.25) is 10.0 Å². The number of likely N-dealkylation sites (tertiary alicyclic amines) is 1. The molecule has 0 atom stereocenters. The van der Waals surface area contributed by atoms with Gasteiger partial charge in [-0.05, 0) is 74.3 Å². The van der Waals surface area contributed by atoms with Gasteiger partial charge >= 0.3 is 12.0 Å². The molecule has 0 unspecified atom stereocenters. The van der Waals surface area contributed by atoms with E-state index in [1.807, 2.05) is 12.1 Å². The van der Waals surface area contributed by atoms with Crippen LogP contribution in [0, 0.1) is 0 Å². The number of urea groups is 1. The Balaban J connectivity index is 1.42. The van der Waals surface area contributed by atoms with Gasteiger partial charge in [0.15, 0.2) is 0 Å². The molecular formula is C34H35Cl2N7O5. The van der Waals surface area contributed by atoms with Crippen molar-refractivity contribution in [3.05, 3.63) is 92.5 Å². The van der Waals surface area contributed by atoms with Crippen molar-refractivity contribution in [3.63, 3.8) is 0 Å². The number of hydrogen-bond donors (Lipinski definition) is 3. The number of rotatable bonds is 10. The third-order valence-electron chi connectivity index (χ3n) is 7.88. The second-order valence-electron chi connectivity index (χ2n) is 11.2. The standard InChI is InChI=1S/C34H35Cl2N7O5/c1-3-43-32(45)29(39-34(47)40-30-26(35)19-37-20-27(30)36)18-28(41-43)22-9-7-8-21(14-22)23-15-24(17-25(16-23)33(46)48-2)31(44)38-10-13-42-11-5-4-6-12-42/h7-9,14-20H,3-6,10-13H2,1-2H3,(H,38,44)(H2,37,39,40,47). The van der Waals surface area contributed by atoms with Gasteiger partial charge in [0.2, 0.25) is 0 Å². The number of methoxy groups -OCH3 is 1. The van der Waals surface area contributed by atoms with Gasteiger partial charge in [0.1, 0.15) is 5.69 Å². The first kappa shape index (κ1) is 34.6. The topological polar surface area (TPSA) is 148 Å². The summed E-state index contributed by atoms with van der Waals surface area (Å²) >= 11 is 12.3. The molecule has 0 saturated carbocycles. The maximum Gasteiger partial charge on any atom is 0.337 e. The predicted molar refractivity (Wildman–Crippen MR) is 186 cm³/mol. The Kier molecular flexibility index (Phi) is 11.4. The van der Waals surface area contributed by atoms with Crippen molar-refractivity contribution in [3.8, 4) is 22.4 Å². The van der Waals surface area contributed by atoms with E-state index in [0.717, 1.165) is 32.5 Å². The van der Waals surface area contributed by atoms with Crippen LogP contribution >= 0.6 is 23.2 Å². The fourth-order valence-electron chi connectivity index (χ4n) is 5.42. The lowest BCUT2D eigenvalue weighted by Gasteiger charge is -2.26. The maximum atomic E-state index is 13.2. The van der Waals surface area contributed by atoms with Crippen molar-refractivity contribution < 1.29 is 19.1 Å². The summed E-state index contributed by atoms with van der Waals surface area (Å²) in [4.78, 5) is 58.0. The molecule has 1 fully saturated rings. The maximum absolute atomic E-state index is 13.2. The van der Waals surface area contributed by atoms with Gasteiger partial charge in [-0.3, -0.25) is 14.6 Å². The largest absolute Gasteiger partial charge is 0.465 e. The number of pyridine rings is 1. The molecule has 3 amide bonds. The molecule has 3 N–H and O–H groups in total. The average Bonchev–Trinajstić information content (AvgIpc) is 3.10. The van der Waals surface area contributed by atoms with E-state index in [1.54, 1.807) is 31.2 Å². The highest BCUT2D eigenvalue weighted by Crippen LogP contribution is 2.30. The Labute approximate surface area is 287 Å². The molecule has 0 radical (unpaired) electrons. The van der Waals surface area contributed by atoms with E-state index in [2.05, 4.69) is 30.9 Å². The average molecular weight is 693 g/mol. The van der Waals surface area contributed by atoms with Crippen molar-refractivity contribution in [2.45, 2.75) is 32.7 Å². The van der Waals surface area contributed by atoms with Crippen molar-refractivity contribution >= 4 is 52.5 Å². The molecule has 2 aromatic heterocycles. The number of anilines is 2. The van der Waals surface area contributed by atoms with E-state index in [-0.39, 0.29) is 39.4 Å². The lowest BCUT2D eigenvalue weighted by atomic mass is 9.97. The van der Waals surface area contributed by atoms with Crippen molar-refractivity contribution in [2.24, 2.45) is 0 Å². The van der Waals surface area contributed by atoms with Crippen LogP contribution in [-0.2, 0) is 11.3 Å². The normalized spacial score (nSPS) is 13.1. The molecule has 4 aromatic rings. The van der Waals surface area contributed by atoms with Gasteiger partial charge in [-0.2, -0.15) is 5.10 Å². The summed E-state index contributed by atoms with van der Waals surface area (Å²) in [7, 11) is 1.29. The molecule has 0 bridgehead atoms. The fourth-order valence-corrected chi connectivity index (χ4v) is 5.88. The predicted octanol–water partition coefficient (Wildman–Crippen LogP) is 5.95. The molecule has 1 aliphatic heterocycles. The van der Waals surface area contributed by atoms with Crippen LogP contribution in [0.4, 0.5) is 16.2 Å². The molecule has 14 heteroatoms. The van der Waals surface area contributed by atoms with Gasteiger partial charge < -0.3 is 25.6 Å². The Morgan fingerprint density at radius 3 is 2.31 bits per heavy atom. The second kappa shape index (κ2) is 15.9. The van der Waals surface area contributed by atoms with Crippen LogP contribution in [-0.4, -0.2) is 70.9 Å². The molecule has 0 spiro atoms. The van der Waals surface area contributed by atoms with Gasteiger partial charge in [-0.1, -0.05) is 47.8 Å². The lowest BCUT2D eigenvalue weighted by molar-refractivity contribution is 0.0600. The van der Waals surface area contributed by atoms with E-state index >= 15 is 0 Å². The molecule has 3 heterocycles. The molecule has 250 valence electrons. The highest BCUT2D eigenvalue weighted by atomic mass is 35.5. The number of aryl methyl sites for hydroxylation is 1. The van der Waals surface area contributed by atoms with Crippen LogP contribution in [0.3, 0.4) is 0 Å². The minimum Gasteiger partial charge on any atom is -0.465 e. The number of benzene rings is 2. The number of carbonyl (C=O) groups excluding carboxylic acids is 3. The van der Waals surface area contributed by atoms with Crippen molar-refractivity contribution in [1.82, 2.24) is 25.0 Å². The molecule has 12 nitrogen and oxygen atoms in total. The SMILES string of the molecule is CCn1nc(-c2cccc(-c3cc(C(=O)NCCN4CCCCC4)cc(C(=O)OC)c3)c2)cc(NC(=O)Nc2c(Cl)cncc2Cl)c1=O.